The first-order chi connectivity index (χ1) is 14.2. The van der Waals surface area contributed by atoms with Crippen molar-refractivity contribution in [2.75, 3.05) is 51.8 Å². The topological polar surface area (TPSA) is 54.4 Å². The van der Waals surface area contributed by atoms with Gasteiger partial charge in [0, 0.05) is 43.5 Å². The van der Waals surface area contributed by atoms with Gasteiger partial charge in [0.2, 0.25) is 0 Å². The van der Waals surface area contributed by atoms with Gasteiger partial charge in [0.15, 0.2) is 5.82 Å². The molecule has 0 saturated carbocycles. The second-order valence-electron chi connectivity index (χ2n) is 7.82. The molecule has 152 valence electrons. The normalized spacial score (nSPS) is 15.7. The van der Waals surface area contributed by atoms with Gasteiger partial charge in [-0.05, 0) is 63.2 Å². The Hall–Kier alpha value is -2.57. The van der Waals surface area contributed by atoms with Crippen LogP contribution in [0.3, 0.4) is 0 Å². The van der Waals surface area contributed by atoms with Gasteiger partial charge < -0.3 is 14.5 Å². The average molecular weight is 392 g/mol. The predicted octanol–water partition coefficient (Wildman–Crippen LogP) is 3.49. The summed E-state index contributed by atoms with van der Waals surface area (Å²) in [6.07, 6.45) is 6.04. The fourth-order valence-corrected chi connectivity index (χ4v) is 3.97. The molecule has 6 nitrogen and oxygen atoms in total. The molecule has 3 heterocycles. The summed E-state index contributed by atoms with van der Waals surface area (Å²) in [5.74, 6) is 2.38. The minimum atomic E-state index is 0.665. The molecule has 3 aromatic rings. The second-order valence-corrected chi connectivity index (χ2v) is 7.82. The van der Waals surface area contributed by atoms with Crippen molar-refractivity contribution in [3.63, 3.8) is 0 Å². The molecule has 1 fully saturated rings. The lowest BCUT2D eigenvalue weighted by Gasteiger charge is -2.34. The summed E-state index contributed by atoms with van der Waals surface area (Å²) in [4.78, 5) is 18.9. The summed E-state index contributed by atoms with van der Waals surface area (Å²) in [6, 6.07) is 12.2. The summed E-state index contributed by atoms with van der Waals surface area (Å²) >= 11 is 0. The summed E-state index contributed by atoms with van der Waals surface area (Å²) in [5, 5.41) is 1.09. The number of hydrogen-bond donors (Lipinski definition) is 0. The van der Waals surface area contributed by atoms with Crippen LogP contribution >= 0.6 is 0 Å². The Morgan fingerprint density at radius 3 is 2.69 bits per heavy atom. The summed E-state index contributed by atoms with van der Waals surface area (Å²) in [6.45, 7) is 4.80. The van der Waals surface area contributed by atoms with Crippen molar-refractivity contribution in [3.05, 3.63) is 48.8 Å². The van der Waals surface area contributed by atoms with Crippen molar-refractivity contribution >= 4 is 16.7 Å². The van der Waals surface area contributed by atoms with Crippen LogP contribution in [0.1, 0.15) is 12.8 Å². The fourth-order valence-electron chi connectivity index (χ4n) is 3.97. The SMILES string of the molecule is COCCN(CC1CCN(C)CC1)c1nc(-c2cccnc2)nc2ccccc12. The number of likely N-dealkylation sites (tertiary alicyclic amines) is 1. The molecule has 4 rings (SSSR count). The number of pyridine rings is 1. The highest BCUT2D eigenvalue weighted by Gasteiger charge is 2.22. The van der Waals surface area contributed by atoms with Crippen molar-refractivity contribution < 1.29 is 4.74 Å². The molecule has 1 saturated heterocycles. The third-order valence-electron chi connectivity index (χ3n) is 5.68. The molecule has 1 aliphatic heterocycles. The zero-order valence-corrected chi connectivity index (χ0v) is 17.3. The Kier molecular flexibility index (Phi) is 6.32. The molecule has 0 amide bonds. The smallest absolute Gasteiger partial charge is 0.163 e. The molecule has 0 bridgehead atoms. The molecule has 0 radical (unpaired) electrons. The lowest BCUT2D eigenvalue weighted by Crippen LogP contribution is -2.38. The number of rotatable bonds is 7. The lowest BCUT2D eigenvalue weighted by molar-refractivity contribution is 0.197. The largest absolute Gasteiger partial charge is 0.383 e. The van der Waals surface area contributed by atoms with E-state index in [9.17, 15) is 0 Å². The number of hydrogen-bond acceptors (Lipinski definition) is 6. The maximum atomic E-state index is 5.42. The first kappa shape index (κ1) is 19.7. The summed E-state index contributed by atoms with van der Waals surface area (Å²) in [7, 11) is 3.96. The highest BCUT2D eigenvalue weighted by atomic mass is 16.5. The first-order valence-corrected chi connectivity index (χ1v) is 10.3. The van der Waals surface area contributed by atoms with Gasteiger partial charge in [-0.15, -0.1) is 0 Å². The fraction of sp³-hybridized carbons (Fsp3) is 0.435. The van der Waals surface area contributed by atoms with E-state index in [0.717, 1.165) is 54.3 Å². The minimum Gasteiger partial charge on any atom is -0.383 e. The van der Waals surface area contributed by atoms with E-state index in [1.54, 1.807) is 13.3 Å². The number of fused-ring (bicyclic) bond motifs is 1. The molecular weight excluding hydrogens is 362 g/mol. The van der Waals surface area contributed by atoms with E-state index < -0.39 is 0 Å². The molecule has 0 atom stereocenters. The van der Waals surface area contributed by atoms with Crippen molar-refractivity contribution in [2.24, 2.45) is 5.92 Å². The molecule has 0 N–H and O–H groups in total. The highest BCUT2D eigenvalue weighted by molar-refractivity contribution is 5.91. The average Bonchev–Trinajstić information content (AvgIpc) is 2.78. The number of ether oxygens (including phenoxy) is 1. The highest BCUT2D eigenvalue weighted by Crippen LogP contribution is 2.29. The van der Waals surface area contributed by atoms with E-state index in [4.69, 9.17) is 14.7 Å². The van der Waals surface area contributed by atoms with E-state index in [0.29, 0.717) is 12.5 Å². The van der Waals surface area contributed by atoms with Gasteiger partial charge in [-0.25, -0.2) is 9.97 Å². The van der Waals surface area contributed by atoms with Crippen molar-refractivity contribution in [2.45, 2.75) is 12.8 Å². The number of benzene rings is 1. The Morgan fingerprint density at radius 1 is 1.10 bits per heavy atom. The Labute approximate surface area is 172 Å². The number of methoxy groups -OCH3 is 1. The van der Waals surface area contributed by atoms with E-state index in [1.165, 1.54) is 12.8 Å². The standard InChI is InChI=1S/C23H29N5O/c1-27-12-9-18(10-13-27)17-28(14-15-29-2)23-20-7-3-4-8-21(20)25-22(26-23)19-6-5-11-24-16-19/h3-8,11,16,18H,9-10,12-15,17H2,1-2H3. The minimum absolute atomic E-state index is 0.665. The monoisotopic (exact) mass is 391 g/mol. The molecule has 6 heteroatoms. The predicted molar refractivity (Wildman–Crippen MR) is 117 cm³/mol. The van der Waals surface area contributed by atoms with Gasteiger partial charge in [0.1, 0.15) is 5.82 Å². The van der Waals surface area contributed by atoms with Gasteiger partial charge in [-0.3, -0.25) is 4.98 Å². The van der Waals surface area contributed by atoms with E-state index in [1.807, 2.05) is 24.4 Å². The van der Waals surface area contributed by atoms with E-state index >= 15 is 0 Å². The van der Waals surface area contributed by atoms with Gasteiger partial charge in [0.25, 0.3) is 0 Å². The number of piperidine rings is 1. The summed E-state index contributed by atoms with van der Waals surface area (Å²) in [5.41, 5.74) is 1.90. The number of anilines is 1. The van der Waals surface area contributed by atoms with Crippen LogP contribution in [0.25, 0.3) is 22.3 Å². The Morgan fingerprint density at radius 2 is 1.93 bits per heavy atom. The Balaban J connectivity index is 1.72. The number of aromatic nitrogens is 3. The third-order valence-corrected chi connectivity index (χ3v) is 5.68. The maximum absolute atomic E-state index is 5.42. The van der Waals surface area contributed by atoms with Gasteiger partial charge in [-0.1, -0.05) is 12.1 Å². The van der Waals surface area contributed by atoms with Crippen LogP contribution in [0.15, 0.2) is 48.8 Å². The zero-order valence-electron chi connectivity index (χ0n) is 17.3. The van der Waals surface area contributed by atoms with Crippen molar-refractivity contribution in [1.29, 1.82) is 0 Å². The van der Waals surface area contributed by atoms with Crippen LogP contribution in [0, 0.1) is 5.92 Å². The van der Waals surface area contributed by atoms with Gasteiger partial charge >= 0.3 is 0 Å². The van der Waals surface area contributed by atoms with Crippen LogP contribution < -0.4 is 4.90 Å². The molecule has 0 spiro atoms. The van der Waals surface area contributed by atoms with Crippen LogP contribution in [0.2, 0.25) is 0 Å². The lowest BCUT2D eigenvalue weighted by atomic mass is 9.96. The molecule has 0 unspecified atom stereocenters. The number of para-hydroxylation sites is 1. The molecule has 2 aromatic heterocycles. The van der Waals surface area contributed by atoms with E-state index in [2.05, 4.69) is 40.0 Å². The molecular formula is C23H29N5O. The van der Waals surface area contributed by atoms with Crippen molar-refractivity contribution in [1.82, 2.24) is 19.9 Å². The second kappa shape index (κ2) is 9.29. The molecule has 0 aliphatic carbocycles. The maximum Gasteiger partial charge on any atom is 0.163 e. The first-order valence-electron chi connectivity index (χ1n) is 10.3. The summed E-state index contributed by atoms with van der Waals surface area (Å²) < 4.78 is 5.42. The third kappa shape index (κ3) is 4.71. The van der Waals surface area contributed by atoms with Crippen LogP contribution in [0.4, 0.5) is 5.82 Å². The molecule has 29 heavy (non-hydrogen) atoms. The molecule has 1 aromatic carbocycles. The zero-order chi connectivity index (χ0) is 20.1. The van der Waals surface area contributed by atoms with Crippen molar-refractivity contribution in [3.8, 4) is 11.4 Å². The van der Waals surface area contributed by atoms with Crippen LogP contribution in [-0.4, -0.2) is 66.8 Å². The molecule has 1 aliphatic rings. The van der Waals surface area contributed by atoms with Crippen LogP contribution in [0.5, 0.6) is 0 Å². The van der Waals surface area contributed by atoms with E-state index in [-0.39, 0.29) is 0 Å². The van der Waals surface area contributed by atoms with Crippen LogP contribution in [-0.2, 0) is 4.74 Å². The van der Waals surface area contributed by atoms with Gasteiger partial charge in [0.05, 0.1) is 12.1 Å². The Bertz CT molecular complexity index is 925. The number of nitrogens with zero attached hydrogens (tertiary/aromatic N) is 5. The van der Waals surface area contributed by atoms with Gasteiger partial charge in [-0.2, -0.15) is 0 Å². The quantitative estimate of drug-likeness (QED) is 0.615.